The molecule has 0 aliphatic carbocycles. The number of hydrogen-bond donors (Lipinski definition) is 1. The van der Waals surface area contributed by atoms with Gasteiger partial charge in [0, 0.05) is 30.5 Å². The Hall–Kier alpha value is -3.66. The van der Waals surface area contributed by atoms with Crippen molar-refractivity contribution < 1.29 is 38.8 Å². The van der Waals surface area contributed by atoms with Crippen molar-refractivity contribution in [3.8, 4) is 5.75 Å². The minimum Gasteiger partial charge on any atom is -0.491 e. The number of amides is 3. The third-order valence-electron chi connectivity index (χ3n) is 6.39. The second-order valence-corrected chi connectivity index (χ2v) is 9.50. The summed E-state index contributed by atoms with van der Waals surface area (Å²) in [6.07, 6.45) is -0.584. The van der Waals surface area contributed by atoms with Gasteiger partial charge in [-0.2, -0.15) is 8.78 Å². The van der Waals surface area contributed by atoms with Gasteiger partial charge in [0.1, 0.15) is 18.4 Å². The van der Waals surface area contributed by atoms with Crippen molar-refractivity contribution in [2.75, 3.05) is 13.2 Å². The van der Waals surface area contributed by atoms with E-state index in [0.29, 0.717) is 23.3 Å². The standard InChI is InChI=1S/C28H30F2N2O6/c1-17(2)37-12-13-38-21-5-3-4-20(15-21)28(29,30)24(33)10-7-18-6-8-22-19(14-18)16-32(27(22)36)23-9-11-25(34)31-26(23)35/h3-6,8,14-15,17,23H,7,9-13,16H2,1-2H3,(H,31,34,35)/t23-/m0/s1/i23D. The monoisotopic (exact) mass is 529 g/mol. The molecule has 8 nitrogen and oxygen atoms in total. The number of halogens is 2. The number of rotatable bonds is 11. The largest absolute Gasteiger partial charge is 0.491 e. The van der Waals surface area contributed by atoms with E-state index in [1.54, 1.807) is 12.1 Å². The van der Waals surface area contributed by atoms with E-state index in [-0.39, 0.29) is 44.3 Å². The summed E-state index contributed by atoms with van der Waals surface area (Å²) in [5.41, 5.74) is 0.925. The van der Waals surface area contributed by atoms with Crippen LogP contribution in [0.1, 0.15) is 61.5 Å². The second-order valence-electron chi connectivity index (χ2n) is 9.50. The van der Waals surface area contributed by atoms with Crippen molar-refractivity contribution in [1.82, 2.24) is 10.2 Å². The highest BCUT2D eigenvalue weighted by atomic mass is 19.3. The van der Waals surface area contributed by atoms with Crippen molar-refractivity contribution in [3.05, 3.63) is 64.7 Å². The van der Waals surface area contributed by atoms with Crippen molar-refractivity contribution in [1.29, 1.82) is 0 Å². The lowest BCUT2D eigenvalue weighted by molar-refractivity contribution is -0.144. The molecule has 3 amide bonds. The SMILES string of the molecule is [2H][C@]1(N2Cc3cc(CCC(=O)C(F)(F)c4cccc(OCCOC(C)C)c4)ccc3C2=O)CCC(=O)NC1=O. The number of aryl methyl sites for hydroxylation is 1. The van der Waals surface area contributed by atoms with Gasteiger partial charge in [0.25, 0.3) is 5.91 Å². The van der Waals surface area contributed by atoms with Crippen LogP contribution in [0.15, 0.2) is 42.5 Å². The van der Waals surface area contributed by atoms with E-state index in [0.717, 1.165) is 11.0 Å². The van der Waals surface area contributed by atoms with Crippen LogP contribution in [0, 0.1) is 0 Å². The average Bonchev–Trinajstić information content (AvgIpc) is 3.23. The zero-order valence-corrected chi connectivity index (χ0v) is 21.2. The van der Waals surface area contributed by atoms with E-state index in [2.05, 4.69) is 5.32 Å². The van der Waals surface area contributed by atoms with Crippen molar-refractivity contribution in [2.45, 2.75) is 64.1 Å². The van der Waals surface area contributed by atoms with E-state index >= 15 is 0 Å². The van der Waals surface area contributed by atoms with Gasteiger partial charge in [-0.25, -0.2) is 0 Å². The van der Waals surface area contributed by atoms with Gasteiger partial charge in [0.2, 0.25) is 17.6 Å². The molecule has 38 heavy (non-hydrogen) atoms. The third kappa shape index (κ3) is 6.07. The van der Waals surface area contributed by atoms with Gasteiger partial charge in [-0.1, -0.05) is 24.3 Å². The van der Waals surface area contributed by atoms with Crippen LogP contribution in [0.4, 0.5) is 8.78 Å². The topological polar surface area (TPSA) is 102 Å². The predicted molar refractivity (Wildman–Crippen MR) is 133 cm³/mol. The summed E-state index contributed by atoms with van der Waals surface area (Å²) in [6.45, 7) is 4.20. The first-order valence-corrected chi connectivity index (χ1v) is 12.5. The molecular weight excluding hydrogens is 498 g/mol. The van der Waals surface area contributed by atoms with E-state index < -0.39 is 47.4 Å². The zero-order chi connectivity index (χ0) is 28.4. The number of ether oxygens (including phenoxy) is 2. The van der Waals surface area contributed by atoms with Gasteiger partial charge in [0.15, 0.2) is 0 Å². The number of benzene rings is 2. The summed E-state index contributed by atoms with van der Waals surface area (Å²) in [4.78, 5) is 50.4. The molecule has 2 heterocycles. The highest BCUT2D eigenvalue weighted by Gasteiger charge is 2.41. The summed E-state index contributed by atoms with van der Waals surface area (Å²) in [6, 6.07) is 8.05. The maximum Gasteiger partial charge on any atom is 0.330 e. The van der Waals surface area contributed by atoms with E-state index in [1.165, 1.54) is 24.3 Å². The van der Waals surface area contributed by atoms with Gasteiger partial charge in [-0.15, -0.1) is 0 Å². The van der Waals surface area contributed by atoms with Crippen LogP contribution in [-0.2, 0) is 38.0 Å². The molecule has 2 aromatic carbocycles. The summed E-state index contributed by atoms with van der Waals surface area (Å²) < 4.78 is 49.4. The van der Waals surface area contributed by atoms with E-state index in [9.17, 15) is 28.0 Å². The molecule has 202 valence electrons. The van der Waals surface area contributed by atoms with Crippen LogP contribution in [0.2, 0.25) is 0 Å². The van der Waals surface area contributed by atoms with Crippen molar-refractivity contribution >= 4 is 23.5 Å². The summed E-state index contributed by atoms with van der Waals surface area (Å²) >= 11 is 0. The van der Waals surface area contributed by atoms with E-state index in [4.69, 9.17) is 10.8 Å². The lowest BCUT2D eigenvalue weighted by atomic mass is 9.97. The Kier molecular flexibility index (Phi) is 7.78. The smallest absolute Gasteiger partial charge is 0.330 e. The maximum atomic E-state index is 15.0. The lowest BCUT2D eigenvalue weighted by Crippen LogP contribution is -2.52. The molecule has 0 radical (unpaired) electrons. The zero-order valence-electron chi connectivity index (χ0n) is 22.2. The minimum absolute atomic E-state index is 0.0135. The number of carbonyl (C=O) groups excluding carboxylic acids is 4. The predicted octanol–water partition coefficient (Wildman–Crippen LogP) is 3.55. The molecule has 0 bridgehead atoms. The fourth-order valence-electron chi connectivity index (χ4n) is 4.41. The van der Waals surface area contributed by atoms with Crippen LogP contribution in [-0.4, -0.2) is 53.7 Å². The lowest BCUT2D eigenvalue weighted by Gasteiger charge is -2.29. The number of hydrogen-bond acceptors (Lipinski definition) is 6. The van der Waals surface area contributed by atoms with Crippen LogP contribution in [0.3, 0.4) is 0 Å². The maximum absolute atomic E-state index is 15.0. The van der Waals surface area contributed by atoms with Crippen LogP contribution >= 0.6 is 0 Å². The van der Waals surface area contributed by atoms with Gasteiger partial charge in [0.05, 0.1) is 14.1 Å². The highest BCUT2D eigenvalue weighted by molar-refractivity contribution is 6.05. The average molecular weight is 530 g/mol. The van der Waals surface area contributed by atoms with Crippen molar-refractivity contribution in [3.63, 3.8) is 0 Å². The Morgan fingerprint density at radius 2 is 1.97 bits per heavy atom. The third-order valence-corrected chi connectivity index (χ3v) is 6.39. The number of Topliss-reactive ketones (excluding diaryl/α,β-unsaturated/α-hetero) is 1. The van der Waals surface area contributed by atoms with Crippen LogP contribution in [0.5, 0.6) is 5.75 Å². The molecule has 2 aromatic rings. The number of piperidine rings is 1. The summed E-state index contributed by atoms with van der Waals surface area (Å²) in [7, 11) is 0. The molecular formula is C28H30F2N2O6. The molecule has 1 saturated heterocycles. The fraction of sp³-hybridized carbons (Fsp3) is 0.429. The number of ketones is 1. The quantitative estimate of drug-likeness (QED) is 0.353. The molecule has 0 spiro atoms. The second kappa shape index (κ2) is 11.4. The van der Waals surface area contributed by atoms with Gasteiger partial charge < -0.3 is 14.4 Å². The van der Waals surface area contributed by atoms with Crippen molar-refractivity contribution in [2.24, 2.45) is 0 Å². The molecule has 1 atom stereocenters. The molecule has 10 heteroatoms. The molecule has 4 rings (SSSR count). The van der Waals surface area contributed by atoms with Gasteiger partial charge >= 0.3 is 5.92 Å². The van der Waals surface area contributed by atoms with E-state index in [1.807, 2.05) is 13.8 Å². The summed E-state index contributed by atoms with van der Waals surface area (Å²) in [5.74, 6) is -6.63. The number of alkyl halides is 2. The van der Waals surface area contributed by atoms with Crippen LogP contribution < -0.4 is 10.1 Å². The first-order valence-electron chi connectivity index (χ1n) is 13.0. The Balaban J connectivity index is 1.39. The molecule has 0 aromatic heterocycles. The number of fused-ring (bicyclic) bond motifs is 1. The first kappa shape index (κ1) is 26.0. The molecule has 1 fully saturated rings. The number of nitrogens with one attached hydrogen (secondary N) is 1. The normalized spacial score (nSPS) is 19.9. The molecule has 0 saturated carbocycles. The number of nitrogens with zero attached hydrogens (tertiary/aromatic N) is 1. The Labute approximate surface area is 220 Å². The van der Waals surface area contributed by atoms with Crippen LogP contribution in [0.25, 0.3) is 0 Å². The highest BCUT2D eigenvalue weighted by Crippen LogP contribution is 2.33. The Morgan fingerprint density at radius 1 is 1.18 bits per heavy atom. The number of carbonyl (C=O) groups is 4. The Morgan fingerprint density at radius 3 is 2.71 bits per heavy atom. The molecule has 2 aliphatic rings. The molecule has 0 unspecified atom stereocenters. The minimum atomic E-state index is -3.72. The molecule has 2 aliphatic heterocycles. The Bertz CT molecular complexity index is 1300. The van der Waals surface area contributed by atoms with Gasteiger partial charge in [-0.3, -0.25) is 24.5 Å². The fourth-order valence-corrected chi connectivity index (χ4v) is 4.41. The van der Waals surface area contributed by atoms with Gasteiger partial charge in [-0.05, 0) is 56.0 Å². The number of imide groups is 1. The summed E-state index contributed by atoms with van der Waals surface area (Å²) in [5, 5.41) is 2.10. The first-order chi connectivity index (χ1) is 18.4. The molecule has 1 N–H and O–H groups in total.